The number of alkyl halides is 1. The first-order valence-corrected chi connectivity index (χ1v) is 6.79. The van der Waals surface area contributed by atoms with E-state index in [-0.39, 0.29) is 0 Å². The molecule has 0 saturated heterocycles. The van der Waals surface area contributed by atoms with Crippen molar-refractivity contribution in [3.63, 3.8) is 0 Å². The Balaban J connectivity index is 2.85. The fraction of sp³-hybridized carbons (Fsp3) is 0.455. The molecule has 0 unspecified atom stereocenters. The van der Waals surface area contributed by atoms with Crippen LogP contribution in [0.3, 0.4) is 0 Å². The summed E-state index contributed by atoms with van der Waals surface area (Å²) in [5.41, 5.74) is 0.961. The molecule has 0 heterocycles. The number of hydrogen-bond donors (Lipinski definition) is 0. The van der Waals surface area contributed by atoms with E-state index in [4.69, 9.17) is 27.9 Å². The van der Waals surface area contributed by atoms with Crippen LogP contribution < -0.4 is 9.64 Å². The number of rotatable bonds is 5. The van der Waals surface area contributed by atoms with Gasteiger partial charge >= 0.3 is 0 Å². The predicted octanol–water partition coefficient (Wildman–Crippen LogP) is 4.22. The van der Waals surface area contributed by atoms with Crippen molar-refractivity contribution < 1.29 is 4.74 Å². The molecule has 0 saturated carbocycles. The average molecular weight is 327 g/mol. The van der Waals surface area contributed by atoms with Crippen molar-refractivity contribution in [3.8, 4) is 5.75 Å². The van der Waals surface area contributed by atoms with Gasteiger partial charge in [-0.15, -0.1) is 0 Å². The zero-order chi connectivity index (χ0) is 12.1. The standard InChI is InChI=1S/C11H14BrCl2NO/c1-15(2)8-6-9(13)11(10(14)7-8)16-5-3-4-12/h6-7H,3-5H2,1-2H3. The summed E-state index contributed by atoms with van der Waals surface area (Å²) in [6.07, 6.45) is 0.919. The lowest BCUT2D eigenvalue weighted by molar-refractivity contribution is 0.319. The highest BCUT2D eigenvalue weighted by Gasteiger charge is 2.10. The van der Waals surface area contributed by atoms with Crippen LogP contribution in [0, 0.1) is 0 Å². The van der Waals surface area contributed by atoms with Gasteiger partial charge in [0.1, 0.15) is 0 Å². The van der Waals surface area contributed by atoms with E-state index in [1.165, 1.54) is 0 Å². The van der Waals surface area contributed by atoms with Crippen LogP contribution in [0.25, 0.3) is 0 Å². The molecular weight excluding hydrogens is 313 g/mol. The molecule has 0 aromatic heterocycles. The topological polar surface area (TPSA) is 12.5 Å². The number of nitrogens with zero attached hydrogens (tertiary/aromatic N) is 1. The van der Waals surface area contributed by atoms with E-state index >= 15 is 0 Å². The maximum Gasteiger partial charge on any atom is 0.156 e. The van der Waals surface area contributed by atoms with Crippen molar-refractivity contribution in [2.24, 2.45) is 0 Å². The summed E-state index contributed by atoms with van der Waals surface area (Å²) in [7, 11) is 3.88. The molecule has 0 aliphatic rings. The maximum atomic E-state index is 6.11. The van der Waals surface area contributed by atoms with Crippen molar-refractivity contribution in [1.82, 2.24) is 0 Å². The maximum absolute atomic E-state index is 6.11. The minimum absolute atomic E-state index is 0.547. The Labute approximate surface area is 115 Å². The van der Waals surface area contributed by atoms with Crippen LogP contribution in [0.2, 0.25) is 10.0 Å². The van der Waals surface area contributed by atoms with Crippen LogP contribution in [0.15, 0.2) is 12.1 Å². The minimum Gasteiger partial charge on any atom is -0.490 e. The molecule has 0 N–H and O–H groups in total. The number of ether oxygens (including phenoxy) is 1. The molecule has 0 aliphatic carbocycles. The van der Waals surface area contributed by atoms with Gasteiger partial charge in [-0.1, -0.05) is 39.1 Å². The molecule has 2 nitrogen and oxygen atoms in total. The Morgan fingerprint density at radius 1 is 1.25 bits per heavy atom. The van der Waals surface area contributed by atoms with Crippen LogP contribution in [-0.4, -0.2) is 26.0 Å². The molecular formula is C11H14BrCl2NO. The average Bonchev–Trinajstić information content (AvgIpc) is 2.21. The molecule has 1 aromatic rings. The van der Waals surface area contributed by atoms with Gasteiger partial charge in [-0.25, -0.2) is 0 Å². The second kappa shape index (κ2) is 6.58. The van der Waals surface area contributed by atoms with Gasteiger partial charge in [0, 0.05) is 25.1 Å². The Morgan fingerprint density at radius 2 is 1.81 bits per heavy atom. The molecule has 1 aromatic carbocycles. The molecule has 0 radical (unpaired) electrons. The zero-order valence-corrected chi connectivity index (χ0v) is 12.4. The van der Waals surface area contributed by atoms with Crippen molar-refractivity contribution in [1.29, 1.82) is 0 Å². The largest absolute Gasteiger partial charge is 0.490 e. The molecule has 0 fully saturated rings. The van der Waals surface area contributed by atoms with E-state index in [2.05, 4.69) is 15.9 Å². The third kappa shape index (κ3) is 3.72. The Hall–Kier alpha value is -0.120. The van der Waals surface area contributed by atoms with Gasteiger partial charge in [-0.3, -0.25) is 0 Å². The minimum atomic E-state index is 0.547. The highest BCUT2D eigenvalue weighted by atomic mass is 79.9. The normalized spacial score (nSPS) is 10.3. The molecule has 90 valence electrons. The fourth-order valence-electron chi connectivity index (χ4n) is 1.17. The highest BCUT2D eigenvalue weighted by Crippen LogP contribution is 2.36. The van der Waals surface area contributed by atoms with Crippen LogP contribution >= 0.6 is 39.1 Å². The highest BCUT2D eigenvalue weighted by molar-refractivity contribution is 9.09. The number of halogens is 3. The van der Waals surface area contributed by atoms with Crippen LogP contribution in [0.4, 0.5) is 5.69 Å². The molecule has 16 heavy (non-hydrogen) atoms. The van der Waals surface area contributed by atoms with Crippen molar-refractivity contribution in [2.75, 3.05) is 30.9 Å². The lowest BCUT2D eigenvalue weighted by Gasteiger charge is -2.16. The molecule has 1 rings (SSSR count). The zero-order valence-electron chi connectivity index (χ0n) is 9.27. The van der Waals surface area contributed by atoms with Gasteiger partial charge in [0.05, 0.1) is 16.7 Å². The van der Waals surface area contributed by atoms with Crippen LogP contribution in [0.1, 0.15) is 6.42 Å². The van der Waals surface area contributed by atoms with E-state index in [0.29, 0.717) is 22.4 Å². The Bertz CT molecular complexity index is 335. The summed E-state index contributed by atoms with van der Waals surface area (Å²) in [4.78, 5) is 1.94. The Morgan fingerprint density at radius 3 is 2.25 bits per heavy atom. The second-order valence-electron chi connectivity index (χ2n) is 3.52. The van der Waals surface area contributed by atoms with E-state index in [0.717, 1.165) is 17.4 Å². The van der Waals surface area contributed by atoms with Gasteiger partial charge in [0.25, 0.3) is 0 Å². The molecule has 0 bridgehead atoms. The van der Waals surface area contributed by atoms with E-state index in [9.17, 15) is 0 Å². The molecule has 0 atom stereocenters. The van der Waals surface area contributed by atoms with Gasteiger partial charge in [-0.2, -0.15) is 0 Å². The van der Waals surface area contributed by atoms with Crippen LogP contribution in [-0.2, 0) is 0 Å². The van der Waals surface area contributed by atoms with E-state index in [1.807, 2.05) is 31.1 Å². The van der Waals surface area contributed by atoms with E-state index < -0.39 is 0 Å². The summed E-state index contributed by atoms with van der Waals surface area (Å²) in [5.74, 6) is 0.565. The van der Waals surface area contributed by atoms with E-state index in [1.54, 1.807) is 0 Å². The number of hydrogen-bond acceptors (Lipinski definition) is 2. The SMILES string of the molecule is CN(C)c1cc(Cl)c(OCCCBr)c(Cl)c1. The van der Waals surface area contributed by atoms with Crippen molar-refractivity contribution in [2.45, 2.75) is 6.42 Å². The lowest BCUT2D eigenvalue weighted by Crippen LogP contribution is -2.09. The summed E-state index contributed by atoms with van der Waals surface area (Å²) in [6, 6.07) is 3.69. The molecule has 5 heteroatoms. The monoisotopic (exact) mass is 325 g/mol. The lowest BCUT2D eigenvalue weighted by atomic mass is 10.3. The number of anilines is 1. The fourth-order valence-corrected chi connectivity index (χ4v) is 1.98. The third-order valence-corrected chi connectivity index (χ3v) is 3.15. The molecule has 0 spiro atoms. The quantitative estimate of drug-likeness (QED) is 0.593. The smallest absolute Gasteiger partial charge is 0.156 e. The predicted molar refractivity (Wildman–Crippen MR) is 74.7 cm³/mol. The van der Waals surface area contributed by atoms with Crippen LogP contribution in [0.5, 0.6) is 5.75 Å². The van der Waals surface area contributed by atoms with Gasteiger partial charge in [-0.05, 0) is 18.6 Å². The first-order chi connectivity index (χ1) is 7.56. The summed E-state index contributed by atoms with van der Waals surface area (Å²) < 4.78 is 5.53. The second-order valence-corrected chi connectivity index (χ2v) is 5.13. The third-order valence-electron chi connectivity index (χ3n) is 2.02. The molecule has 0 aliphatic heterocycles. The number of benzene rings is 1. The first-order valence-electron chi connectivity index (χ1n) is 4.91. The van der Waals surface area contributed by atoms with Gasteiger partial charge < -0.3 is 9.64 Å². The Kier molecular flexibility index (Phi) is 5.73. The van der Waals surface area contributed by atoms with Gasteiger partial charge in [0.2, 0.25) is 0 Å². The summed E-state index contributed by atoms with van der Waals surface area (Å²) in [5, 5.41) is 1.99. The van der Waals surface area contributed by atoms with Crippen molar-refractivity contribution >= 4 is 44.8 Å². The summed E-state index contributed by atoms with van der Waals surface area (Å²) >= 11 is 15.6. The molecule has 0 amide bonds. The van der Waals surface area contributed by atoms with Crippen molar-refractivity contribution in [3.05, 3.63) is 22.2 Å². The summed E-state index contributed by atoms with van der Waals surface area (Å²) in [6.45, 7) is 0.603. The van der Waals surface area contributed by atoms with Gasteiger partial charge in [0.15, 0.2) is 5.75 Å². The first kappa shape index (κ1) is 13.9.